The number of nitrogens with two attached hydrogens (primary N) is 1. The second-order valence-electron chi connectivity index (χ2n) is 3.87. The van der Waals surface area contributed by atoms with Gasteiger partial charge in [-0.2, -0.15) is 0 Å². The third-order valence-electron chi connectivity index (χ3n) is 2.77. The summed E-state index contributed by atoms with van der Waals surface area (Å²) in [6.07, 6.45) is 3.26. The zero-order chi connectivity index (χ0) is 12.5. The highest BCUT2D eigenvalue weighted by molar-refractivity contribution is 5.89. The summed E-state index contributed by atoms with van der Waals surface area (Å²) in [5.41, 5.74) is 4.99. The lowest BCUT2D eigenvalue weighted by Gasteiger charge is -2.28. The molecule has 0 aromatic carbocycles. The SMILES string of the molecule is NC(=O)C1(F)CCCN1C(=O)Cn1ccnn1. The van der Waals surface area contributed by atoms with Gasteiger partial charge in [-0.25, -0.2) is 9.07 Å². The van der Waals surface area contributed by atoms with Gasteiger partial charge >= 0.3 is 0 Å². The van der Waals surface area contributed by atoms with E-state index in [1.54, 1.807) is 0 Å². The highest BCUT2D eigenvalue weighted by atomic mass is 19.1. The van der Waals surface area contributed by atoms with Gasteiger partial charge in [-0.05, 0) is 6.42 Å². The highest BCUT2D eigenvalue weighted by Gasteiger charge is 2.49. The molecule has 1 fully saturated rings. The summed E-state index contributed by atoms with van der Waals surface area (Å²) in [6, 6.07) is 0. The van der Waals surface area contributed by atoms with E-state index < -0.39 is 17.6 Å². The van der Waals surface area contributed by atoms with Gasteiger partial charge in [0.25, 0.3) is 11.7 Å². The van der Waals surface area contributed by atoms with Gasteiger partial charge in [0.2, 0.25) is 5.91 Å². The molecule has 7 nitrogen and oxygen atoms in total. The van der Waals surface area contributed by atoms with Crippen LogP contribution in [0.3, 0.4) is 0 Å². The predicted molar refractivity (Wildman–Crippen MR) is 54.0 cm³/mol. The van der Waals surface area contributed by atoms with Crippen LogP contribution >= 0.6 is 0 Å². The van der Waals surface area contributed by atoms with Crippen LogP contribution in [0.5, 0.6) is 0 Å². The van der Waals surface area contributed by atoms with Crippen molar-refractivity contribution in [3.63, 3.8) is 0 Å². The largest absolute Gasteiger partial charge is 0.365 e. The van der Waals surface area contributed by atoms with Crippen LogP contribution in [0, 0.1) is 0 Å². The van der Waals surface area contributed by atoms with Crippen LogP contribution in [0.25, 0.3) is 0 Å². The number of carbonyl (C=O) groups is 2. The van der Waals surface area contributed by atoms with Crippen molar-refractivity contribution in [2.24, 2.45) is 5.73 Å². The number of primary amides is 1. The molecule has 0 saturated carbocycles. The minimum Gasteiger partial charge on any atom is -0.365 e. The van der Waals surface area contributed by atoms with Gasteiger partial charge < -0.3 is 10.6 Å². The van der Waals surface area contributed by atoms with E-state index in [9.17, 15) is 14.0 Å². The Balaban J connectivity index is 2.11. The molecule has 0 bridgehead atoms. The van der Waals surface area contributed by atoms with Crippen LogP contribution < -0.4 is 5.73 Å². The summed E-state index contributed by atoms with van der Waals surface area (Å²) >= 11 is 0. The molecule has 1 aromatic heterocycles. The minimum atomic E-state index is -2.36. The highest BCUT2D eigenvalue weighted by Crippen LogP contribution is 2.30. The van der Waals surface area contributed by atoms with E-state index in [4.69, 9.17) is 5.73 Å². The molecule has 2 N–H and O–H groups in total. The first-order chi connectivity index (χ1) is 8.04. The van der Waals surface area contributed by atoms with E-state index in [1.165, 1.54) is 17.1 Å². The Morgan fingerprint density at radius 3 is 2.88 bits per heavy atom. The Labute approximate surface area is 96.4 Å². The molecule has 8 heteroatoms. The van der Waals surface area contributed by atoms with Crippen molar-refractivity contribution in [2.45, 2.75) is 25.2 Å². The van der Waals surface area contributed by atoms with Crippen molar-refractivity contribution in [3.8, 4) is 0 Å². The Kier molecular flexibility index (Phi) is 2.78. The first kappa shape index (κ1) is 11.5. The standard InChI is InChI=1S/C9H12FN5O2/c10-9(8(11)17)2-1-4-15(9)7(16)6-14-5-3-12-13-14/h3,5H,1-2,4,6H2,(H2,11,17). The maximum Gasteiger partial charge on any atom is 0.276 e. The van der Waals surface area contributed by atoms with Crippen LogP contribution in [0.4, 0.5) is 4.39 Å². The molecule has 0 spiro atoms. The van der Waals surface area contributed by atoms with Crippen molar-refractivity contribution < 1.29 is 14.0 Å². The molecule has 92 valence electrons. The van der Waals surface area contributed by atoms with E-state index in [0.717, 1.165) is 4.90 Å². The van der Waals surface area contributed by atoms with Crippen molar-refractivity contribution in [1.82, 2.24) is 19.9 Å². The lowest BCUT2D eigenvalue weighted by molar-refractivity contribution is -0.154. The van der Waals surface area contributed by atoms with Crippen LogP contribution in [0.2, 0.25) is 0 Å². The van der Waals surface area contributed by atoms with Crippen molar-refractivity contribution in [2.75, 3.05) is 6.54 Å². The predicted octanol–water partition coefficient (Wildman–Crippen LogP) is -0.948. The van der Waals surface area contributed by atoms with E-state index in [0.29, 0.717) is 6.42 Å². The van der Waals surface area contributed by atoms with Crippen LogP contribution in [-0.4, -0.2) is 44.0 Å². The fraction of sp³-hybridized carbons (Fsp3) is 0.556. The second kappa shape index (κ2) is 4.11. The monoisotopic (exact) mass is 241 g/mol. The van der Waals surface area contributed by atoms with Crippen LogP contribution in [0.1, 0.15) is 12.8 Å². The van der Waals surface area contributed by atoms with Crippen molar-refractivity contribution in [1.29, 1.82) is 0 Å². The van der Waals surface area contributed by atoms with Gasteiger partial charge in [0, 0.05) is 19.2 Å². The summed E-state index contributed by atoms with van der Waals surface area (Å²) in [5.74, 6) is -4.02. The molecule has 2 amide bonds. The van der Waals surface area contributed by atoms with Gasteiger partial charge in [0.05, 0.1) is 6.20 Å². The van der Waals surface area contributed by atoms with Gasteiger partial charge in [-0.15, -0.1) is 5.10 Å². The summed E-state index contributed by atoms with van der Waals surface area (Å²) in [5, 5.41) is 7.13. The maximum atomic E-state index is 14.2. The first-order valence-corrected chi connectivity index (χ1v) is 5.17. The Morgan fingerprint density at radius 2 is 2.29 bits per heavy atom. The van der Waals surface area contributed by atoms with Gasteiger partial charge in [0.15, 0.2) is 0 Å². The fourth-order valence-corrected chi connectivity index (χ4v) is 1.90. The van der Waals surface area contributed by atoms with E-state index in [-0.39, 0.29) is 19.5 Å². The molecule has 1 unspecified atom stereocenters. The smallest absolute Gasteiger partial charge is 0.276 e. The van der Waals surface area contributed by atoms with Crippen molar-refractivity contribution in [3.05, 3.63) is 12.4 Å². The van der Waals surface area contributed by atoms with Crippen LogP contribution in [-0.2, 0) is 16.1 Å². The van der Waals surface area contributed by atoms with E-state index >= 15 is 0 Å². The third-order valence-corrected chi connectivity index (χ3v) is 2.77. The molecule has 2 rings (SSSR count). The molecule has 2 heterocycles. The fourth-order valence-electron chi connectivity index (χ4n) is 1.90. The number of hydrogen-bond donors (Lipinski definition) is 1. The summed E-state index contributed by atoms with van der Waals surface area (Å²) in [7, 11) is 0. The Bertz CT molecular complexity index is 435. The lowest BCUT2D eigenvalue weighted by Crippen LogP contribution is -2.53. The second-order valence-corrected chi connectivity index (χ2v) is 3.87. The van der Waals surface area contributed by atoms with E-state index in [2.05, 4.69) is 10.3 Å². The molecule has 1 saturated heterocycles. The quantitative estimate of drug-likeness (QED) is 0.690. The number of carbonyl (C=O) groups excluding carboxylic acids is 2. The zero-order valence-electron chi connectivity index (χ0n) is 9.04. The summed E-state index contributed by atoms with van der Waals surface area (Å²) in [4.78, 5) is 23.8. The number of alkyl halides is 1. The normalized spacial score (nSPS) is 23.9. The van der Waals surface area contributed by atoms with Crippen LogP contribution in [0.15, 0.2) is 12.4 Å². The number of nitrogens with zero attached hydrogens (tertiary/aromatic N) is 4. The molecule has 1 aliphatic heterocycles. The molecule has 1 aliphatic rings. The van der Waals surface area contributed by atoms with Gasteiger partial charge in [-0.1, -0.05) is 5.21 Å². The van der Waals surface area contributed by atoms with E-state index in [1.807, 2.05) is 0 Å². The number of halogens is 1. The molecule has 1 atom stereocenters. The number of aromatic nitrogens is 3. The molecule has 0 aliphatic carbocycles. The third kappa shape index (κ3) is 1.97. The lowest BCUT2D eigenvalue weighted by atomic mass is 10.1. The zero-order valence-corrected chi connectivity index (χ0v) is 9.04. The number of hydrogen-bond acceptors (Lipinski definition) is 4. The Hall–Kier alpha value is -1.99. The Morgan fingerprint density at radius 1 is 1.53 bits per heavy atom. The van der Waals surface area contributed by atoms with Gasteiger partial charge in [0.1, 0.15) is 6.54 Å². The topological polar surface area (TPSA) is 94.1 Å². The summed E-state index contributed by atoms with van der Waals surface area (Å²) < 4.78 is 15.4. The molecular weight excluding hydrogens is 229 g/mol. The van der Waals surface area contributed by atoms with Gasteiger partial charge in [-0.3, -0.25) is 9.59 Å². The number of amides is 2. The number of likely N-dealkylation sites (tertiary alicyclic amines) is 1. The summed E-state index contributed by atoms with van der Waals surface area (Å²) in [6.45, 7) is 0.0337. The molecule has 1 aromatic rings. The van der Waals surface area contributed by atoms with Crippen molar-refractivity contribution >= 4 is 11.8 Å². The number of rotatable bonds is 3. The molecule has 17 heavy (non-hydrogen) atoms. The molecule has 0 radical (unpaired) electrons. The average Bonchev–Trinajstić information content (AvgIpc) is 2.87. The minimum absolute atomic E-state index is 0.0502. The maximum absolute atomic E-state index is 14.2. The average molecular weight is 241 g/mol. The molecular formula is C9H12FN5O2. The first-order valence-electron chi connectivity index (χ1n) is 5.17.